The molecule has 0 bridgehead atoms. The molecule has 2 amide bonds. The Morgan fingerprint density at radius 1 is 1.03 bits per heavy atom. The number of amides is 2. The molecule has 1 heterocycles. The number of hydrogen-bond donors (Lipinski definition) is 2. The van der Waals surface area contributed by atoms with Crippen LogP contribution in [0.5, 0.6) is 0 Å². The van der Waals surface area contributed by atoms with Gasteiger partial charge in [0.2, 0.25) is 15.9 Å². The van der Waals surface area contributed by atoms with Gasteiger partial charge in [-0.25, -0.2) is 13.1 Å². The van der Waals surface area contributed by atoms with Gasteiger partial charge in [0.15, 0.2) is 0 Å². The van der Waals surface area contributed by atoms with Gasteiger partial charge >= 0.3 is 0 Å². The molecule has 0 aliphatic carbocycles. The first-order valence-corrected chi connectivity index (χ1v) is 13.2. The van der Waals surface area contributed by atoms with Gasteiger partial charge < -0.3 is 10.2 Å². The Morgan fingerprint density at radius 3 is 2.56 bits per heavy atom. The standard InChI is InChI=1S/C25H25N3O4S2/c1-17-11-12-19(15-23(17)34(31,32)26-2)27-25(30)20-8-4-6-10-22(20)33-16-24(29)28-14-13-18-7-3-5-9-21(18)28/h3-12,15,26H,13-14,16H2,1-2H3,(H,27,30). The fourth-order valence-electron chi connectivity index (χ4n) is 3.87. The van der Waals surface area contributed by atoms with Crippen LogP contribution in [-0.2, 0) is 21.2 Å². The SMILES string of the molecule is CNS(=O)(=O)c1cc(NC(=O)c2ccccc2SCC(=O)N2CCc3ccccc32)ccc1C. The number of benzene rings is 3. The molecule has 7 nitrogen and oxygen atoms in total. The highest BCUT2D eigenvalue weighted by Crippen LogP contribution is 2.30. The second kappa shape index (κ2) is 10.0. The molecule has 0 radical (unpaired) electrons. The third kappa shape index (κ3) is 5.01. The maximum absolute atomic E-state index is 13.0. The van der Waals surface area contributed by atoms with E-state index in [4.69, 9.17) is 0 Å². The van der Waals surface area contributed by atoms with Gasteiger partial charge in [0.05, 0.1) is 16.2 Å². The van der Waals surface area contributed by atoms with Gasteiger partial charge in [0, 0.05) is 22.8 Å². The van der Waals surface area contributed by atoms with Crippen molar-refractivity contribution in [2.24, 2.45) is 0 Å². The predicted molar refractivity (Wildman–Crippen MR) is 135 cm³/mol. The van der Waals surface area contributed by atoms with E-state index in [2.05, 4.69) is 10.0 Å². The molecule has 3 aromatic carbocycles. The molecule has 2 N–H and O–H groups in total. The number of thioether (sulfide) groups is 1. The maximum Gasteiger partial charge on any atom is 0.256 e. The van der Waals surface area contributed by atoms with Gasteiger partial charge in [0.25, 0.3) is 5.91 Å². The number of fused-ring (bicyclic) bond motifs is 1. The van der Waals surface area contributed by atoms with Crippen LogP contribution in [0.3, 0.4) is 0 Å². The number of para-hydroxylation sites is 1. The lowest BCUT2D eigenvalue weighted by molar-refractivity contribution is -0.116. The summed E-state index contributed by atoms with van der Waals surface area (Å²) in [5.41, 5.74) is 3.48. The Hall–Kier alpha value is -3.14. The Kier molecular flexibility index (Phi) is 7.06. The number of rotatable bonds is 7. The second-order valence-corrected chi connectivity index (χ2v) is 10.7. The van der Waals surface area contributed by atoms with Gasteiger partial charge in [0.1, 0.15) is 0 Å². The summed E-state index contributed by atoms with van der Waals surface area (Å²) in [4.78, 5) is 28.5. The van der Waals surface area contributed by atoms with Gasteiger partial charge in [-0.05, 0) is 61.9 Å². The number of aryl methyl sites for hydroxylation is 1. The van der Waals surface area contributed by atoms with Crippen molar-refractivity contribution in [2.45, 2.75) is 23.1 Å². The summed E-state index contributed by atoms with van der Waals surface area (Å²) in [6.45, 7) is 2.35. The largest absolute Gasteiger partial charge is 0.322 e. The normalized spacial score (nSPS) is 12.9. The maximum atomic E-state index is 13.0. The van der Waals surface area contributed by atoms with Gasteiger partial charge in [-0.15, -0.1) is 11.8 Å². The monoisotopic (exact) mass is 495 g/mol. The molecule has 0 saturated heterocycles. The summed E-state index contributed by atoms with van der Waals surface area (Å²) >= 11 is 1.31. The van der Waals surface area contributed by atoms with Crippen molar-refractivity contribution in [1.82, 2.24) is 4.72 Å². The quantitative estimate of drug-likeness (QED) is 0.486. The zero-order valence-electron chi connectivity index (χ0n) is 18.9. The molecule has 3 aromatic rings. The van der Waals surface area contributed by atoms with Crippen LogP contribution in [-0.4, -0.2) is 39.6 Å². The van der Waals surface area contributed by atoms with E-state index in [9.17, 15) is 18.0 Å². The van der Waals surface area contributed by atoms with E-state index in [0.29, 0.717) is 28.3 Å². The van der Waals surface area contributed by atoms with Crippen molar-refractivity contribution in [2.75, 3.05) is 29.6 Å². The van der Waals surface area contributed by atoms with Gasteiger partial charge in [-0.2, -0.15) is 0 Å². The molecular formula is C25H25N3O4S2. The van der Waals surface area contributed by atoms with Gasteiger partial charge in [-0.3, -0.25) is 9.59 Å². The Bertz CT molecular complexity index is 1360. The summed E-state index contributed by atoms with van der Waals surface area (Å²) in [5, 5.41) is 2.78. The molecule has 9 heteroatoms. The number of anilines is 2. The lowest BCUT2D eigenvalue weighted by Gasteiger charge is -2.17. The van der Waals surface area contributed by atoms with E-state index in [1.54, 1.807) is 42.2 Å². The molecule has 0 spiro atoms. The minimum atomic E-state index is -3.66. The lowest BCUT2D eigenvalue weighted by atomic mass is 10.2. The number of carbonyl (C=O) groups is 2. The Balaban J connectivity index is 1.48. The zero-order chi connectivity index (χ0) is 24.3. The first-order valence-electron chi connectivity index (χ1n) is 10.8. The molecule has 4 rings (SSSR count). The molecular weight excluding hydrogens is 470 g/mol. The number of carbonyl (C=O) groups excluding carboxylic acids is 2. The average molecular weight is 496 g/mol. The van der Waals surface area contributed by atoms with Crippen LogP contribution < -0.4 is 14.9 Å². The number of hydrogen-bond acceptors (Lipinski definition) is 5. The smallest absolute Gasteiger partial charge is 0.256 e. The lowest BCUT2D eigenvalue weighted by Crippen LogP contribution is -2.30. The zero-order valence-corrected chi connectivity index (χ0v) is 20.5. The molecule has 1 aliphatic rings. The van der Waals surface area contributed by atoms with Crippen molar-refractivity contribution in [1.29, 1.82) is 0 Å². The van der Waals surface area contributed by atoms with Crippen LogP contribution in [0.1, 0.15) is 21.5 Å². The Morgan fingerprint density at radius 2 is 1.76 bits per heavy atom. The second-order valence-electron chi connectivity index (χ2n) is 7.85. The highest BCUT2D eigenvalue weighted by molar-refractivity contribution is 8.00. The third-order valence-electron chi connectivity index (χ3n) is 5.68. The average Bonchev–Trinajstić information content (AvgIpc) is 3.28. The van der Waals surface area contributed by atoms with Gasteiger partial charge in [-0.1, -0.05) is 36.4 Å². The molecule has 1 aliphatic heterocycles. The van der Waals surface area contributed by atoms with Crippen LogP contribution in [0.25, 0.3) is 0 Å². The summed E-state index contributed by atoms with van der Waals surface area (Å²) in [6, 6.07) is 19.7. The summed E-state index contributed by atoms with van der Waals surface area (Å²) in [6.07, 6.45) is 0.841. The molecule has 34 heavy (non-hydrogen) atoms. The van der Waals surface area contributed by atoms with E-state index in [-0.39, 0.29) is 22.5 Å². The van der Waals surface area contributed by atoms with Crippen LogP contribution in [0.4, 0.5) is 11.4 Å². The highest BCUT2D eigenvalue weighted by atomic mass is 32.2. The molecule has 0 aromatic heterocycles. The number of sulfonamides is 1. The molecule has 176 valence electrons. The fraction of sp³-hybridized carbons (Fsp3) is 0.200. The first-order chi connectivity index (χ1) is 16.3. The van der Waals surface area contributed by atoms with E-state index in [0.717, 1.165) is 12.1 Å². The van der Waals surface area contributed by atoms with Crippen LogP contribution in [0.2, 0.25) is 0 Å². The van der Waals surface area contributed by atoms with Crippen molar-refractivity contribution in [3.63, 3.8) is 0 Å². The molecule has 0 atom stereocenters. The van der Waals surface area contributed by atoms with Crippen molar-refractivity contribution >= 4 is 45.0 Å². The van der Waals surface area contributed by atoms with E-state index in [1.807, 2.05) is 30.3 Å². The van der Waals surface area contributed by atoms with E-state index < -0.39 is 10.0 Å². The Labute approximate surface area is 203 Å². The van der Waals surface area contributed by atoms with E-state index in [1.165, 1.54) is 30.4 Å². The first kappa shape index (κ1) is 24.0. The minimum absolute atomic E-state index is 0.00869. The van der Waals surface area contributed by atoms with Crippen LogP contribution >= 0.6 is 11.8 Å². The number of nitrogens with zero attached hydrogens (tertiary/aromatic N) is 1. The van der Waals surface area contributed by atoms with E-state index >= 15 is 0 Å². The van der Waals surface area contributed by atoms with Crippen molar-refractivity contribution in [3.05, 3.63) is 83.4 Å². The molecule has 0 unspecified atom stereocenters. The summed E-state index contributed by atoms with van der Waals surface area (Å²) in [7, 11) is -2.31. The summed E-state index contributed by atoms with van der Waals surface area (Å²) < 4.78 is 26.8. The fourth-order valence-corrected chi connectivity index (χ4v) is 5.79. The molecule has 0 fully saturated rings. The molecule has 0 saturated carbocycles. The third-order valence-corrected chi connectivity index (χ3v) is 8.29. The van der Waals surface area contributed by atoms with Crippen LogP contribution in [0, 0.1) is 6.92 Å². The predicted octanol–water partition coefficient (Wildman–Crippen LogP) is 3.84. The van der Waals surface area contributed by atoms with Crippen molar-refractivity contribution < 1.29 is 18.0 Å². The number of nitrogens with one attached hydrogen (secondary N) is 2. The summed E-state index contributed by atoms with van der Waals surface area (Å²) in [5.74, 6) is -0.183. The van der Waals surface area contributed by atoms with Crippen LogP contribution in [0.15, 0.2) is 76.5 Å². The minimum Gasteiger partial charge on any atom is -0.322 e. The van der Waals surface area contributed by atoms with Crippen molar-refractivity contribution in [3.8, 4) is 0 Å². The highest BCUT2D eigenvalue weighted by Gasteiger charge is 2.24. The topological polar surface area (TPSA) is 95.6 Å².